The van der Waals surface area contributed by atoms with Crippen LogP contribution >= 0.6 is 0 Å². The summed E-state index contributed by atoms with van der Waals surface area (Å²) in [6.07, 6.45) is 1.55. The van der Waals surface area contributed by atoms with Crippen molar-refractivity contribution in [3.8, 4) is 22.9 Å². The summed E-state index contributed by atoms with van der Waals surface area (Å²) in [5.41, 5.74) is 1.79. The number of ether oxygens (including phenoxy) is 3. The van der Waals surface area contributed by atoms with Gasteiger partial charge < -0.3 is 18.7 Å². The second-order valence-corrected chi connectivity index (χ2v) is 5.27. The zero-order valence-electron chi connectivity index (χ0n) is 14.5. The first-order chi connectivity index (χ1) is 12.7. The van der Waals surface area contributed by atoms with Gasteiger partial charge in [0.25, 0.3) is 0 Å². The molecule has 3 aromatic rings. The molecule has 0 radical (unpaired) electrons. The van der Waals surface area contributed by atoms with Gasteiger partial charge in [-0.05, 0) is 43.3 Å². The van der Waals surface area contributed by atoms with Gasteiger partial charge in [-0.3, -0.25) is 0 Å². The second-order valence-electron chi connectivity index (χ2n) is 5.27. The topological polar surface area (TPSA) is 83.7 Å². The molecule has 7 heteroatoms. The molecule has 2 aromatic heterocycles. The van der Waals surface area contributed by atoms with Crippen LogP contribution in [-0.2, 0) is 11.3 Å². The minimum Gasteiger partial charge on any atom is -0.497 e. The SMILES string of the molecule is CCOc1ncccc1C(=O)OCc1cc(-c2ccc(OC)cc2)no1. The quantitative estimate of drug-likeness (QED) is 0.600. The van der Waals surface area contributed by atoms with Crippen molar-refractivity contribution in [2.75, 3.05) is 13.7 Å². The van der Waals surface area contributed by atoms with E-state index in [-0.39, 0.29) is 18.1 Å². The van der Waals surface area contributed by atoms with E-state index in [1.54, 1.807) is 31.5 Å². The zero-order chi connectivity index (χ0) is 18.4. The van der Waals surface area contributed by atoms with Crippen molar-refractivity contribution in [3.05, 3.63) is 60.0 Å². The fourth-order valence-electron chi connectivity index (χ4n) is 2.29. The van der Waals surface area contributed by atoms with Crippen LogP contribution in [0.1, 0.15) is 23.0 Å². The summed E-state index contributed by atoms with van der Waals surface area (Å²) in [6.45, 7) is 2.19. The molecule has 0 aliphatic rings. The molecule has 0 saturated heterocycles. The molecule has 26 heavy (non-hydrogen) atoms. The molecule has 0 spiro atoms. The predicted molar refractivity (Wildman–Crippen MR) is 93.0 cm³/mol. The van der Waals surface area contributed by atoms with Crippen molar-refractivity contribution in [2.45, 2.75) is 13.5 Å². The Labute approximate surface area is 150 Å². The van der Waals surface area contributed by atoms with E-state index >= 15 is 0 Å². The molecule has 0 fully saturated rings. The smallest absolute Gasteiger partial charge is 0.344 e. The number of esters is 1. The fourth-order valence-corrected chi connectivity index (χ4v) is 2.29. The summed E-state index contributed by atoms with van der Waals surface area (Å²) in [5, 5.41) is 4.00. The van der Waals surface area contributed by atoms with Gasteiger partial charge in [-0.25, -0.2) is 9.78 Å². The lowest BCUT2D eigenvalue weighted by Gasteiger charge is -2.07. The average molecular weight is 354 g/mol. The van der Waals surface area contributed by atoms with E-state index in [1.165, 1.54) is 0 Å². The number of hydrogen-bond acceptors (Lipinski definition) is 7. The Balaban J connectivity index is 1.65. The fraction of sp³-hybridized carbons (Fsp3) is 0.211. The van der Waals surface area contributed by atoms with Crippen LogP contribution in [0, 0.1) is 0 Å². The summed E-state index contributed by atoms with van der Waals surface area (Å²) < 4.78 is 21.0. The number of nitrogens with zero attached hydrogens (tertiary/aromatic N) is 2. The largest absolute Gasteiger partial charge is 0.497 e. The molecule has 7 nitrogen and oxygen atoms in total. The number of aromatic nitrogens is 2. The van der Waals surface area contributed by atoms with Crippen LogP contribution in [0.25, 0.3) is 11.3 Å². The van der Waals surface area contributed by atoms with E-state index < -0.39 is 5.97 Å². The van der Waals surface area contributed by atoms with Gasteiger partial charge in [-0.2, -0.15) is 0 Å². The van der Waals surface area contributed by atoms with Crippen LogP contribution < -0.4 is 9.47 Å². The number of methoxy groups -OCH3 is 1. The summed E-state index contributed by atoms with van der Waals surface area (Å²) in [4.78, 5) is 16.3. The molecule has 0 aliphatic heterocycles. The molecule has 0 bridgehead atoms. The Kier molecular flexibility index (Phi) is 5.48. The highest BCUT2D eigenvalue weighted by Gasteiger charge is 2.16. The predicted octanol–water partition coefficient (Wildman–Crippen LogP) is 3.50. The molecule has 2 heterocycles. The Morgan fingerprint density at radius 1 is 1.19 bits per heavy atom. The lowest BCUT2D eigenvalue weighted by molar-refractivity contribution is 0.0432. The van der Waals surface area contributed by atoms with Crippen LogP contribution in [0.5, 0.6) is 11.6 Å². The zero-order valence-corrected chi connectivity index (χ0v) is 14.5. The van der Waals surface area contributed by atoms with Crippen molar-refractivity contribution in [1.29, 1.82) is 0 Å². The first-order valence-electron chi connectivity index (χ1n) is 8.06. The third-order valence-corrected chi connectivity index (χ3v) is 3.56. The summed E-state index contributed by atoms with van der Waals surface area (Å²) in [6, 6.07) is 12.4. The maximum absolute atomic E-state index is 12.2. The first kappa shape index (κ1) is 17.5. The van der Waals surface area contributed by atoms with Gasteiger partial charge in [0.2, 0.25) is 5.88 Å². The van der Waals surface area contributed by atoms with Crippen molar-refractivity contribution in [3.63, 3.8) is 0 Å². The second kappa shape index (κ2) is 8.15. The molecule has 134 valence electrons. The van der Waals surface area contributed by atoms with Crippen molar-refractivity contribution in [1.82, 2.24) is 10.1 Å². The van der Waals surface area contributed by atoms with E-state index in [4.69, 9.17) is 18.7 Å². The Hall–Kier alpha value is -3.35. The Bertz CT molecular complexity index is 874. The lowest BCUT2D eigenvalue weighted by Crippen LogP contribution is -2.09. The Morgan fingerprint density at radius 2 is 2.00 bits per heavy atom. The van der Waals surface area contributed by atoms with Crippen LogP contribution in [0.15, 0.2) is 53.2 Å². The molecular weight excluding hydrogens is 336 g/mol. The highest BCUT2D eigenvalue weighted by atomic mass is 16.6. The average Bonchev–Trinajstić information content (AvgIpc) is 3.16. The molecule has 0 atom stereocenters. The highest BCUT2D eigenvalue weighted by molar-refractivity contribution is 5.91. The molecule has 0 unspecified atom stereocenters. The normalized spacial score (nSPS) is 10.4. The minimum absolute atomic E-state index is 0.0392. The molecule has 0 saturated carbocycles. The standard InChI is InChI=1S/C19H18N2O5/c1-3-24-18-16(5-4-10-20-18)19(22)25-12-15-11-17(21-26-15)13-6-8-14(23-2)9-7-13/h4-11H,3,12H2,1-2H3. The van der Waals surface area contributed by atoms with E-state index in [2.05, 4.69) is 10.1 Å². The minimum atomic E-state index is -0.538. The molecule has 1 aromatic carbocycles. The van der Waals surface area contributed by atoms with E-state index in [9.17, 15) is 4.79 Å². The molecule has 0 N–H and O–H groups in total. The maximum atomic E-state index is 12.2. The van der Waals surface area contributed by atoms with Crippen LogP contribution in [0.3, 0.4) is 0 Å². The molecular formula is C19H18N2O5. The molecule has 0 amide bonds. The van der Waals surface area contributed by atoms with Gasteiger partial charge in [0.15, 0.2) is 12.4 Å². The van der Waals surface area contributed by atoms with Gasteiger partial charge in [0.1, 0.15) is 17.0 Å². The number of hydrogen-bond donors (Lipinski definition) is 0. The van der Waals surface area contributed by atoms with Gasteiger partial charge in [0, 0.05) is 17.8 Å². The first-order valence-corrected chi connectivity index (χ1v) is 8.06. The summed E-state index contributed by atoms with van der Waals surface area (Å²) >= 11 is 0. The highest BCUT2D eigenvalue weighted by Crippen LogP contribution is 2.23. The summed E-state index contributed by atoms with van der Waals surface area (Å²) in [7, 11) is 1.61. The van der Waals surface area contributed by atoms with Crippen LogP contribution in [-0.4, -0.2) is 29.8 Å². The number of pyridine rings is 1. The van der Waals surface area contributed by atoms with Crippen LogP contribution in [0.2, 0.25) is 0 Å². The maximum Gasteiger partial charge on any atom is 0.344 e. The van der Waals surface area contributed by atoms with Crippen molar-refractivity contribution in [2.24, 2.45) is 0 Å². The van der Waals surface area contributed by atoms with E-state index in [0.717, 1.165) is 11.3 Å². The van der Waals surface area contributed by atoms with Gasteiger partial charge >= 0.3 is 5.97 Å². The number of benzene rings is 1. The van der Waals surface area contributed by atoms with Crippen LogP contribution in [0.4, 0.5) is 0 Å². The van der Waals surface area contributed by atoms with Gasteiger partial charge in [0.05, 0.1) is 13.7 Å². The van der Waals surface area contributed by atoms with Gasteiger partial charge in [-0.15, -0.1) is 0 Å². The van der Waals surface area contributed by atoms with E-state index in [1.807, 2.05) is 31.2 Å². The van der Waals surface area contributed by atoms with Crippen molar-refractivity contribution < 1.29 is 23.5 Å². The number of carbonyl (C=O) groups excluding carboxylic acids is 1. The lowest BCUT2D eigenvalue weighted by atomic mass is 10.1. The van der Waals surface area contributed by atoms with Crippen molar-refractivity contribution >= 4 is 5.97 Å². The molecule has 3 rings (SSSR count). The number of carbonyl (C=O) groups is 1. The Morgan fingerprint density at radius 3 is 2.73 bits per heavy atom. The van der Waals surface area contributed by atoms with E-state index in [0.29, 0.717) is 18.1 Å². The molecule has 0 aliphatic carbocycles. The number of rotatable bonds is 7. The van der Waals surface area contributed by atoms with Gasteiger partial charge in [-0.1, -0.05) is 5.16 Å². The third kappa shape index (κ3) is 4.00. The third-order valence-electron chi connectivity index (χ3n) is 3.56. The summed E-state index contributed by atoms with van der Waals surface area (Å²) in [5.74, 6) is 0.902. The monoisotopic (exact) mass is 354 g/mol.